The van der Waals surface area contributed by atoms with Gasteiger partial charge in [0, 0.05) is 13.1 Å². The van der Waals surface area contributed by atoms with Crippen LogP contribution in [0.5, 0.6) is 0 Å². The van der Waals surface area contributed by atoms with Gasteiger partial charge >= 0.3 is 0 Å². The zero-order valence-electron chi connectivity index (χ0n) is 10.1. The molecule has 1 aromatic heterocycles. The molecular formula is C12H13ClN4O2. The van der Waals surface area contributed by atoms with E-state index in [-0.39, 0.29) is 5.91 Å². The van der Waals surface area contributed by atoms with Gasteiger partial charge in [-0.2, -0.15) is 0 Å². The van der Waals surface area contributed by atoms with E-state index in [0.29, 0.717) is 29.6 Å². The average molecular weight is 281 g/mol. The van der Waals surface area contributed by atoms with Crippen molar-refractivity contribution < 1.29 is 9.53 Å². The number of amides is 1. The lowest BCUT2D eigenvalue weighted by Crippen LogP contribution is -2.45. The number of para-hydroxylation sites is 1. The molecule has 0 spiro atoms. The third-order valence-electron chi connectivity index (χ3n) is 2.93. The van der Waals surface area contributed by atoms with E-state index in [1.54, 1.807) is 6.07 Å². The van der Waals surface area contributed by atoms with Crippen LogP contribution in [0.2, 0.25) is 5.02 Å². The Bertz CT molecular complexity index is 607. The summed E-state index contributed by atoms with van der Waals surface area (Å²) < 4.78 is 5.37. The van der Waals surface area contributed by atoms with E-state index in [1.807, 2.05) is 12.1 Å². The molecule has 3 N–H and O–H groups in total. The van der Waals surface area contributed by atoms with Crippen LogP contribution < -0.4 is 10.6 Å². The number of fused-ring (bicyclic) bond motifs is 1. The summed E-state index contributed by atoms with van der Waals surface area (Å²) in [6, 6.07) is 5.43. The van der Waals surface area contributed by atoms with Gasteiger partial charge in [-0.1, -0.05) is 17.7 Å². The number of nitrogens with one attached hydrogen (secondary N) is 3. The van der Waals surface area contributed by atoms with Crippen molar-refractivity contribution >= 4 is 34.5 Å². The Morgan fingerprint density at radius 2 is 2.42 bits per heavy atom. The number of anilines is 1. The van der Waals surface area contributed by atoms with Gasteiger partial charge in [-0.3, -0.25) is 10.1 Å². The van der Waals surface area contributed by atoms with Gasteiger partial charge < -0.3 is 15.0 Å². The van der Waals surface area contributed by atoms with Gasteiger partial charge in [0.25, 0.3) is 5.91 Å². The minimum Gasteiger partial charge on any atom is -0.366 e. The Hall–Kier alpha value is -1.63. The molecule has 19 heavy (non-hydrogen) atoms. The lowest BCUT2D eigenvalue weighted by atomic mass is 10.3. The quantitative estimate of drug-likeness (QED) is 0.771. The van der Waals surface area contributed by atoms with Crippen molar-refractivity contribution in [3.05, 3.63) is 23.2 Å². The highest BCUT2D eigenvalue weighted by atomic mass is 35.5. The highest BCUT2D eigenvalue weighted by Crippen LogP contribution is 2.22. The van der Waals surface area contributed by atoms with Gasteiger partial charge in [0.05, 0.1) is 17.1 Å². The molecule has 0 saturated carbocycles. The molecule has 1 amide bonds. The Kier molecular flexibility index (Phi) is 3.37. The second-order valence-electron chi connectivity index (χ2n) is 4.27. The van der Waals surface area contributed by atoms with Crippen LogP contribution in [0.25, 0.3) is 11.0 Å². The van der Waals surface area contributed by atoms with Crippen LogP contribution >= 0.6 is 11.6 Å². The van der Waals surface area contributed by atoms with E-state index in [2.05, 4.69) is 20.6 Å². The highest BCUT2D eigenvalue weighted by Gasteiger charge is 2.22. The summed E-state index contributed by atoms with van der Waals surface area (Å²) in [7, 11) is 0. The topological polar surface area (TPSA) is 79.0 Å². The van der Waals surface area contributed by atoms with Gasteiger partial charge in [-0.05, 0) is 12.1 Å². The number of hydrogen-bond acceptors (Lipinski definition) is 4. The lowest BCUT2D eigenvalue weighted by Gasteiger charge is -2.22. The van der Waals surface area contributed by atoms with E-state index in [0.717, 1.165) is 12.1 Å². The Labute approximate surface area is 114 Å². The van der Waals surface area contributed by atoms with Gasteiger partial charge in [0.1, 0.15) is 11.6 Å². The summed E-state index contributed by atoms with van der Waals surface area (Å²) in [4.78, 5) is 19.2. The summed E-state index contributed by atoms with van der Waals surface area (Å²) >= 11 is 6.03. The number of rotatable bonds is 2. The summed E-state index contributed by atoms with van der Waals surface area (Å²) in [5.41, 5.74) is 1.42. The minimum absolute atomic E-state index is 0.220. The van der Waals surface area contributed by atoms with Gasteiger partial charge in [-0.25, -0.2) is 4.98 Å². The Balaban J connectivity index is 1.77. The number of carbonyl (C=O) groups is 1. The van der Waals surface area contributed by atoms with Crippen LogP contribution in [0.3, 0.4) is 0 Å². The van der Waals surface area contributed by atoms with Crippen LogP contribution in [0.1, 0.15) is 0 Å². The van der Waals surface area contributed by atoms with Crippen molar-refractivity contribution in [2.45, 2.75) is 6.10 Å². The zero-order chi connectivity index (χ0) is 13.2. The standard InChI is InChI=1S/C12H13ClN4O2/c13-7-2-1-3-8-10(7)16-12(15-8)17-11(18)9-6-14-4-5-19-9/h1-3,9,14H,4-6H2,(H2,15,16,17,18)/t9-/m1/s1. The van der Waals surface area contributed by atoms with Gasteiger partial charge in [0.2, 0.25) is 5.95 Å². The van der Waals surface area contributed by atoms with Crippen molar-refractivity contribution in [2.75, 3.05) is 25.0 Å². The Morgan fingerprint density at radius 3 is 3.16 bits per heavy atom. The molecule has 1 saturated heterocycles. The van der Waals surface area contributed by atoms with Crippen LogP contribution in [-0.4, -0.2) is 41.7 Å². The first-order valence-corrected chi connectivity index (χ1v) is 6.39. The van der Waals surface area contributed by atoms with E-state index < -0.39 is 6.10 Å². The number of hydrogen-bond donors (Lipinski definition) is 3. The van der Waals surface area contributed by atoms with Gasteiger partial charge in [0.15, 0.2) is 0 Å². The van der Waals surface area contributed by atoms with Crippen molar-refractivity contribution in [1.29, 1.82) is 0 Å². The second-order valence-corrected chi connectivity index (χ2v) is 4.68. The fourth-order valence-electron chi connectivity index (χ4n) is 1.99. The van der Waals surface area contributed by atoms with Gasteiger partial charge in [-0.15, -0.1) is 0 Å². The summed E-state index contributed by atoms with van der Waals surface area (Å²) in [6.45, 7) is 1.81. The van der Waals surface area contributed by atoms with Crippen molar-refractivity contribution in [1.82, 2.24) is 15.3 Å². The average Bonchev–Trinajstić information content (AvgIpc) is 2.84. The number of halogens is 1. The molecule has 1 fully saturated rings. The van der Waals surface area contributed by atoms with Crippen LogP contribution in [0.4, 0.5) is 5.95 Å². The molecule has 1 aliphatic heterocycles. The fourth-order valence-corrected chi connectivity index (χ4v) is 2.20. The van der Waals surface area contributed by atoms with E-state index >= 15 is 0 Å². The predicted octanol–water partition coefficient (Wildman–Crippen LogP) is 1.14. The largest absolute Gasteiger partial charge is 0.366 e. The molecule has 2 heterocycles. The lowest BCUT2D eigenvalue weighted by molar-refractivity contribution is -0.128. The molecule has 6 nitrogen and oxygen atoms in total. The van der Waals surface area contributed by atoms with Crippen molar-refractivity contribution in [2.24, 2.45) is 0 Å². The molecule has 1 atom stereocenters. The maximum atomic E-state index is 12.0. The van der Waals surface area contributed by atoms with E-state index in [9.17, 15) is 4.79 Å². The molecule has 1 aromatic carbocycles. The highest BCUT2D eigenvalue weighted by molar-refractivity contribution is 6.35. The SMILES string of the molecule is O=C(Nc1nc2c(Cl)cccc2[nH]1)[C@H]1CNCCO1. The zero-order valence-corrected chi connectivity index (χ0v) is 10.8. The number of carbonyl (C=O) groups excluding carboxylic acids is 1. The van der Waals surface area contributed by atoms with Crippen LogP contribution in [0, 0.1) is 0 Å². The molecule has 0 bridgehead atoms. The summed E-state index contributed by atoms with van der Waals surface area (Å²) in [5, 5.41) is 6.34. The maximum Gasteiger partial charge on any atom is 0.257 e. The molecule has 0 aliphatic carbocycles. The fraction of sp³-hybridized carbons (Fsp3) is 0.333. The van der Waals surface area contributed by atoms with Crippen LogP contribution in [0.15, 0.2) is 18.2 Å². The molecule has 0 radical (unpaired) electrons. The number of aromatic amines is 1. The molecular weight excluding hydrogens is 268 g/mol. The van der Waals surface area contributed by atoms with E-state index in [1.165, 1.54) is 0 Å². The Morgan fingerprint density at radius 1 is 1.53 bits per heavy atom. The molecule has 2 aromatic rings. The summed E-state index contributed by atoms with van der Waals surface area (Å²) in [6.07, 6.45) is -0.488. The number of aromatic nitrogens is 2. The molecule has 0 unspecified atom stereocenters. The third kappa shape index (κ3) is 2.56. The third-order valence-corrected chi connectivity index (χ3v) is 3.23. The number of morpholine rings is 1. The first-order chi connectivity index (χ1) is 9.24. The number of nitrogens with zero attached hydrogens (tertiary/aromatic N) is 1. The normalized spacial score (nSPS) is 19.5. The number of benzene rings is 1. The molecule has 1 aliphatic rings. The first kappa shape index (κ1) is 12.4. The second kappa shape index (κ2) is 5.16. The van der Waals surface area contributed by atoms with E-state index in [4.69, 9.17) is 16.3 Å². The number of H-pyrrole nitrogens is 1. The van der Waals surface area contributed by atoms with Crippen molar-refractivity contribution in [3.8, 4) is 0 Å². The number of imidazole rings is 1. The van der Waals surface area contributed by atoms with Crippen molar-refractivity contribution in [3.63, 3.8) is 0 Å². The maximum absolute atomic E-state index is 12.0. The smallest absolute Gasteiger partial charge is 0.257 e. The molecule has 7 heteroatoms. The monoisotopic (exact) mass is 280 g/mol. The molecule has 3 rings (SSSR count). The first-order valence-electron chi connectivity index (χ1n) is 6.01. The van der Waals surface area contributed by atoms with Crippen LogP contribution in [-0.2, 0) is 9.53 Å². The molecule has 100 valence electrons. The number of ether oxygens (including phenoxy) is 1. The summed E-state index contributed by atoms with van der Waals surface area (Å²) in [5.74, 6) is 0.157. The minimum atomic E-state index is -0.488. The predicted molar refractivity (Wildman–Crippen MR) is 72.3 cm³/mol.